The minimum atomic E-state index is -2.91. The van der Waals surface area contributed by atoms with Crippen LogP contribution in [-0.2, 0) is 0 Å². The van der Waals surface area contributed by atoms with Gasteiger partial charge in [-0.25, -0.2) is 10.4 Å². The molecule has 1 heterocycles. The van der Waals surface area contributed by atoms with Crippen molar-refractivity contribution in [2.24, 2.45) is 5.10 Å². The highest BCUT2D eigenvalue weighted by atomic mass is 19.3. The summed E-state index contributed by atoms with van der Waals surface area (Å²) < 4.78 is 34.2. The number of hydrogen-bond acceptors (Lipinski definition) is 5. The first kappa shape index (κ1) is 16.7. The van der Waals surface area contributed by atoms with Gasteiger partial charge >= 0.3 is 6.61 Å². The molecule has 0 fully saturated rings. The number of nitrogens with one attached hydrogen (secondary N) is 2. The van der Waals surface area contributed by atoms with Gasteiger partial charge in [0.2, 0.25) is 5.95 Å². The standard InChI is InChI=1S/C17H16F2N4O2/c1-10(11-7-8-14(25-16(18)19)15(9-11)24-2)22-23-17-20-12-5-3-4-6-13(12)21-17/h3-9,16H,1-2H3,(H2,20,21,23)/b22-10-. The van der Waals surface area contributed by atoms with Crippen LogP contribution in [0.2, 0.25) is 0 Å². The first-order chi connectivity index (χ1) is 12.1. The first-order valence-electron chi connectivity index (χ1n) is 7.45. The molecule has 25 heavy (non-hydrogen) atoms. The van der Waals surface area contributed by atoms with E-state index in [1.807, 2.05) is 24.3 Å². The fourth-order valence-corrected chi connectivity index (χ4v) is 2.29. The molecule has 1 aromatic heterocycles. The maximum Gasteiger partial charge on any atom is 0.387 e. The Labute approximate surface area is 142 Å². The number of methoxy groups -OCH3 is 1. The van der Waals surface area contributed by atoms with E-state index in [0.29, 0.717) is 17.2 Å². The van der Waals surface area contributed by atoms with E-state index >= 15 is 0 Å². The van der Waals surface area contributed by atoms with E-state index in [1.165, 1.54) is 13.2 Å². The molecule has 2 aromatic carbocycles. The summed E-state index contributed by atoms with van der Waals surface area (Å²) in [6, 6.07) is 12.2. The van der Waals surface area contributed by atoms with Gasteiger partial charge in [-0.2, -0.15) is 13.9 Å². The zero-order chi connectivity index (χ0) is 17.8. The molecule has 3 rings (SSSR count). The number of aromatic nitrogens is 2. The van der Waals surface area contributed by atoms with Gasteiger partial charge in [0.15, 0.2) is 11.5 Å². The highest BCUT2D eigenvalue weighted by Gasteiger charge is 2.12. The molecule has 0 spiro atoms. The second kappa shape index (κ2) is 7.16. The number of anilines is 1. The predicted octanol–water partition coefficient (Wildman–Crippen LogP) is 4.01. The largest absolute Gasteiger partial charge is 0.493 e. The minimum Gasteiger partial charge on any atom is -0.493 e. The van der Waals surface area contributed by atoms with Crippen LogP contribution in [0, 0.1) is 0 Å². The Balaban J connectivity index is 1.79. The molecule has 0 saturated heterocycles. The third-order valence-corrected chi connectivity index (χ3v) is 3.52. The zero-order valence-corrected chi connectivity index (χ0v) is 13.6. The molecule has 0 radical (unpaired) electrons. The monoisotopic (exact) mass is 346 g/mol. The molecule has 0 bridgehead atoms. The summed E-state index contributed by atoms with van der Waals surface area (Å²) in [5.74, 6) is 0.681. The Hall–Kier alpha value is -3.16. The Morgan fingerprint density at radius 3 is 2.72 bits per heavy atom. The van der Waals surface area contributed by atoms with Crippen LogP contribution in [0.4, 0.5) is 14.7 Å². The molecule has 3 aromatic rings. The smallest absolute Gasteiger partial charge is 0.387 e. The molecule has 0 aliphatic carbocycles. The fourth-order valence-electron chi connectivity index (χ4n) is 2.29. The Kier molecular flexibility index (Phi) is 4.78. The van der Waals surface area contributed by atoms with Gasteiger partial charge < -0.3 is 14.5 Å². The maximum absolute atomic E-state index is 12.4. The molecule has 0 unspecified atom stereocenters. The number of imidazole rings is 1. The van der Waals surface area contributed by atoms with Gasteiger partial charge in [0.25, 0.3) is 0 Å². The number of hydrogen-bond donors (Lipinski definition) is 2. The fraction of sp³-hybridized carbons (Fsp3) is 0.176. The highest BCUT2D eigenvalue weighted by Crippen LogP contribution is 2.29. The first-order valence-corrected chi connectivity index (χ1v) is 7.45. The van der Waals surface area contributed by atoms with Crippen molar-refractivity contribution in [3.05, 3.63) is 48.0 Å². The second-order valence-electron chi connectivity index (χ2n) is 5.16. The number of hydrazone groups is 1. The molecule has 2 N–H and O–H groups in total. The topological polar surface area (TPSA) is 71.5 Å². The number of halogens is 2. The lowest BCUT2D eigenvalue weighted by atomic mass is 10.1. The van der Waals surface area contributed by atoms with E-state index in [0.717, 1.165) is 11.0 Å². The van der Waals surface area contributed by atoms with Crippen LogP contribution in [-0.4, -0.2) is 29.4 Å². The van der Waals surface area contributed by atoms with Gasteiger partial charge in [0.1, 0.15) is 0 Å². The summed E-state index contributed by atoms with van der Waals surface area (Å²) in [7, 11) is 1.39. The number of H-pyrrole nitrogens is 1. The van der Waals surface area contributed by atoms with Crippen LogP contribution < -0.4 is 14.9 Å². The van der Waals surface area contributed by atoms with Gasteiger partial charge in [-0.05, 0) is 37.3 Å². The molecule has 0 aliphatic heterocycles. The van der Waals surface area contributed by atoms with Crippen LogP contribution in [0.3, 0.4) is 0 Å². The summed E-state index contributed by atoms with van der Waals surface area (Å²) in [6.45, 7) is -1.14. The van der Waals surface area contributed by atoms with Crippen molar-refractivity contribution < 1.29 is 18.3 Å². The SMILES string of the molecule is COc1cc(/C(C)=N\Nc2nc3ccccc3[nH]2)ccc1OC(F)F. The van der Waals surface area contributed by atoms with Crippen LogP contribution in [0.15, 0.2) is 47.6 Å². The second-order valence-corrected chi connectivity index (χ2v) is 5.16. The number of fused-ring (bicyclic) bond motifs is 1. The number of ether oxygens (including phenoxy) is 2. The molecule has 6 nitrogen and oxygen atoms in total. The Morgan fingerprint density at radius 2 is 2.00 bits per heavy atom. The summed E-state index contributed by atoms with van der Waals surface area (Å²) >= 11 is 0. The van der Waals surface area contributed by atoms with Crippen molar-refractivity contribution in [2.75, 3.05) is 12.5 Å². The molecule has 130 valence electrons. The molecule has 0 saturated carbocycles. The molecular weight excluding hydrogens is 330 g/mol. The Bertz CT molecular complexity index is 876. The maximum atomic E-state index is 12.4. The van der Waals surface area contributed by atoms with Crippen LogP contribution in [0.25, 0.3) is 11.0 Å². The number of rotatable bonds is 6. The molecule has 0 aliphatic rings. The molecule has 0 amide bonds. The van der Waals surface area contributed by atoms with Crippen molar-refractivity contribution in [2.45, 2.75) is 13.5 Å². The van der Waals surface area contributed by atoms with E-state index < -0.39 is 6.61 Å². The summed E-state index contributed by atoms with van der Waals surface area (Å²) in [5, 5.41) is 4.25. The van der Waals surface area contributed by atoms with E-state index in [2.05, 4.69) is 25.2 Å². The summed E-state index contributed by atoms with van der Waals surface area (Å²) in [5.41, 5.74) is 5.89. The lowest BCUT2D eigenvalue weighted by Crippen LogP contribution is -2.05. The average Bonchev–Trinajstić information content (AvgIpc) is 3.02. The van der Waals surface area contributed by atoms with Gasteiger partial charge in [-0.3, -0.25) is 0 Å². The van der Waals surface area contributed by atoms with Gasteiger partial charge in [-0.1, -0.05) is 12.1 Å². The average molecular weight is 346 g/mol. The highest BCUT2D eigenvalue weighted by molar-refractivity contribution is 5.99. The number of alkyl halides is 2. The van der Waals surface area contributed by atoms with E-state index in [1.54, 1.807) is 19.1 Å². The van der Waals surface area contributed by atoms with Crippen molar-refractivity contribution in [1.82, 2.24) is 9.97 Å². The molecular formula is C17H16F2N4O2. The number of aromatic amines is 1. The summed E-state index contributed by atoms with van der Waals surface area (Å²) in [6.07, 6.45) is 0. The van der Waals surface area contributed by atoms with E-state index in [-0.39, 0.29) is 11.5 Å². The third kappa shape index (κ3) is 3.85. The van der Waals surface area contributed by atoms with Crippen molar-refractivity contribution in [3.63, 3.8) is 0 Å². The normalized spacial score (nSPS) is 11.8. The van der Waals surface area contributed by atoms with Crippen LogP contribution >= 0.6 is 0 Å². The quantitative estimate of drug-likeness (QED) is 0.523. The van der Waals surface area contributed by atoms with Gasteiger partial charge in [0, 0.05) is 5.56 Å². The van der Waals surface area contributed by atoms with E-state index in [4.69, 9.17) is 4.74 Å². The van der Waals surface area contributed by atoms with Crippen molar-refractivity contribution in [1.29, 1.82) is 0 Å². The van der Waals surface area contributed by atoms with E-state index in [9.17, 15) is 8.78 Å². The lowest BCUT2D eigenvalue weighted by molar-refractivity contribution is -0.0512. The number of benzene rings is 2. The predicted molar refractivity (Wildman–Crippen MR) is 91.6 cm³/mol. The minimum absolute atomic E-state index is 0.0284. The zero-order valence-electron chi connectivity index (χ0n) is 13.6. The molecule has 0 atom stereocenters. The summed E-state index contributed by atoms with van der Waals surface area (Å²) in [4.78, 5) is 7.46. The van der Waals surface area contributed by atoms with Crippen molar-refractivity contribution in [3.8, 4) is 11.5 Å². The van der Waals surface area contributed by atoms with Gasteiger partial charge in [-0.15, -0.1) is 0 Å². The Morgan fingerprint density at radius 1 is 1.20 bits per heavy atom. The third-order valence-electron chi connectivity index (χ3n) is 3.52. The van der Waals surface area contributed by atoms with Crippen LogP contribution in [0.5, 0.6) is 11.5 Å². The number of nitrogens with zero attached hydrogens (tertiary/aromatic N) is 2. The number of para-hydroxylation sites is 2. The van der Waals surface area contributed by atoms with Gasteiger partial charge in [0.05, 0.1) is 23.9 Å². The lowest BCUT2D eigenvalue weighted by Gasteiger charge is -2.11. The van der Waals surface area contributed by atoms with Crippen molar-refractivity contribution >= 4 is 22.7 Å². The molecule has 8 heteroatoms. The van der Waals surface area contributed by atoms with Crippen LogP contribution in [0.1, 0.15) is 12.5 Å².